The molecular formula is C20H19N3O. The summed E-state index contributed by atoms with van der Waals surface area (Å²) in [6.07, 6.45) is 3.32. The van der Waals surface area contributed by atoms with Gasteiger partial charge in [-0.3, -0.25) is 0 Å². The summed E-state index contributed by atoms with van der Waals surface area (Å²) in [6.45, 7) is 6.65. The highest BCUT2D eigenvalue weighted by molar-refractivity contribution is 5.79. The van der Waals surface area contributed by atoms with Gasteiger partial charge in [0.15, 0.2) is 12.0 Å². The van der Waals surface area contributed by atoms with E-state index < -0.39 is 0 Å². The Morgan fingerprint density at radius 3 is 2.67 bits per heavy atom. The average molecular weight is 317 g/mol. The van der Waals surface area contributed by atoms with E-state index in [9.17, 15) is 0 Å². The Kier molecular flexibility index (Phi) is 3.27. The molecule has 2 heterocycles. The highest BCUT2D eigenvalue weighted by Gasteiger charge is 2.15. The summed E-state index contributed by atoms with van der Waals surface area (Å²) in [4.78, 5) is 12.2. The molecule has 0 spiro atoms. The number of rotatable bonds is 2. The molecule has 0 aliphatic heterocycles. The van der Waals surface area contributed by atoms with Crippen LogP contribution in [0.2, 0.25) is 0 Å². The first-order valence-electron chi connectivity index (χ1n) is 8.00. The van der Waals surface area contributed by atoms with Crippen molar-refractivity contribution < 1.29 is 4.42 Å². The van der Waals surface area contributed by atoms with Crippen LogP contribution in [0.1, 0.15) is 26.3 Å². The number of fused-ring (bicyclic) bond motifs is 1. The van der Waals surface area contributed by atoms with E-state index in [-0.39, 0.29) is 5.41 Å². The third kappa shape index (κ3) is 2.60. The smallest absolute Gasteiger partial charge is 0.181 e. The normalized spacial score (nSPS) is 12.0. The minimum Gasteiger partial charge on any atom is -0.443 e. The van der Waals surface area contributed by atoms with Crippen molar-refractivity contribution in [2.24, 2.45) is 0 Å². The zero-order valence-corrected chi connectivity index (χ0v) is 14.0. The zero-order chi connectivity index (χ0) is 16.7. The number of oxazole rings is 1. The minimum absolute atomic E-state index is 0.115. The molecule has 4 rings (SSSR count). The van der Waals surface area contributed by atoms with Crippen LogP contribution in [0, 0.1) is 0 Å². The summed E-state index contributed by atoms with van der Waals surface area (Å²) in [6, 6.07) is 14.5. The van der Waals surface area contributed by atoms with Crippen molar-refractivity contribution in [2.45, 2.75) is 26.2 Å². The molecule has 2 aromatic carbocycles. The van der Waals surface area contributed by atoms with Crippen LogP contribution in [0.4, 0.5) is 0 Å². The second-order valence-electron chi connectivity index (χ2n) is 7.01. The molecule has 0 radical (unpaired) electrons. The number of benzene rings is 2. The fraction of sp³-hybridized carbons (Fsp3) is 0.200. The molecule has 4 aromatic rings. The molecule has 0 aliphatic rings. The maximum atomic E-state index is 5.29. The van der Waals surface area contributed by atoms with Crippen LogP contribution in [0.3, 0.4) is 0 Å². The second-order valence-corrected chi connectivity index (χ2v) is 7.01. The third-order valence-corrected chi connectivity index (χ3v) is 4.22. The van der Waals surface area contributed by atoms with E-state index in [0.717, 1.165) is 33.7 Å². The first kappa shape index (κ1) is 14.7. The van der Waals surface area contributed by atoms with Gasteiger partial charge >= 0.3 is 0 Å². The molecule has 4 nitrogen and oxygen atoms in total. The highest BCUT2D eigenvalue weighted by atomic mass is 16.3. The molecule has 0 saturated carbocycles. The van der Waals surface area contributed by atoms with Crippen molar-refractivity contribution in [3.63, 3.8) is 0 Å². The van der Waals surface area contributed by atoms with Crippen molar-refractivity contribution in [1.82, 2.24) is 15.0 Å². The number of aromatic amines is 1. The molecular weight excluding hydrogens is 298 g/mol. The van der Waals surface area contributed by atoms with Crippen molar-refractivity contribution in [2.75, 3.05) is 0 Å². The Morgan fingerprint density at radius 1 is 0.958 bits per heavy atom. The van der Waals surface area contributed by atoms with Gasteiger partial charge in [0, 0.05) is 11.1 Å². The van der Waals surface area contributed by atoms with E-state index in [1.807, 2.05) is 24.4 Å². The van der Waals surface area contributed by atoms with E-state index in [1.54, 1.807) is 0 Å². The van der Waals surface area contributed by atoms with E-state index in [4.69, 9.17) is 4.42 Å². The van der Waals surface area contributed by atoms with Crippen LogP contribution in [0.25, 0.3) is 33.7 Å². The predicted octanol–water partition coefficient (Wildman–Crippen LogP) is 5.18. The van der Waals surface area contributed by atoms with Gasteiger partial charge in [0.1, 0.15) is 11.3 Å². The van der Waals surface area contributed by atoms with Gasteiger partial charge < -0.3 is 9.40 Å². The molecule has 0 amide bonds. The molecule has 120 valence electrons. The highest BCUT2D eigenvalue weighted by Crippen LogP contribution is 2.28. The zero-order valence-electron chi connectivity index (χ0n) is 14.0. The largest absolute Gasteiger partial charge is 0.443 e. The van der Waals surface area contributed by atoms with Crippen LogP contribution in [0.15, 0.2) is 59.5 Å². The maximum Gasteiger partial charge on any atom is 0.181 e. The van der Waals surface area contributed by atoms with Crippen molar-refractivity contribution >= 4 is 11.1 Å². The SMILES string of the molecule is CC(C)(C)c1cccc(-c2ncc(-c3ccc4ocnc4c3)[nH]2)c1. The lowest BCUT2D eigenvalue weighted by Crippen LogP contribution is -2.10. The fourth-order valence-corrected chi connectivity index (χ4v) is 2.77. The van der Waals surface area contributed by atoms with Gasteiger partial charge in [-0.1, -0.05) is 39.0 Å². The van der Waals surface area contributed by atoms with Gasteiger partial charge in [0.2, 0.25) is 0 Å². The number of hydrogen-bond donors (Lipinski definition) is 1. The van der Waals surface area contributed by atoms with E-state index in [2.05, 4.69) is 60.0 Å². The molecule has 1 N–H and O–H groups in total. The first-order chi connectivity index (χ1) is 11.5. The Morgan fingerprint density at radius 2 is 1.83 bits per heavy atom. The summed E-state index contributed by atoms with van der Waals surface area (Å²) < 4.78 is 5.29. The Bertz CT molecular complexity index is 1000. The van der Waals surface area contributed by atoms with Crippen LogP contribution in [0.5, 0.6) is 0 Å². The molecule has 0 saturated heterocycles. The van der Waals surface area contributed by atoms with Gasteiger partial charge in [0.25, 0.3) is 0 Å². The Hall–Kier alpha value is -2.88. The van der Waals surface area contributed by atoms with E-state index in [0.29, 0.717) is 0 Å². The van der Waals surface area contributed by atoms with Gasteiger partial charge in [-0.15, -0.1) is 0 Å². The van der Waals surface area contributed by atoms with Crippen LogP contribution in [-0.4, -0.2) is 15.0 Å². The lowest BCUT2D eigenvalue weighted by atomic mass is 9.86. The second kappa shape index (κ2) is 5.34. The first-order valence-corrected chi connectivity index (χ1v) is 8.00. The predicted molar refractivity (Wildman–Crippen MR) is 95.7 cm³/mol. The maximum absolute atomic E-state index is 5.29. The average Bonchev–Trinajstić information content (AvgIpc) is 3.22. The number of imidazole rings is 1. The van der Waals surface area contributed by atoms with Crippen LogP contribution < -0.4 is 0 Å². The summed E-state index contributed by atoms with van der Waals surface area (Å²) in [5.41, 5.74) is 6.15. The van der Waals surface area contributed by atoms with Crippen LogP contribution >= 0.6 is 0 Å². The summed E-state index contributed by atoms with van der Waals surface area (Å²) in [5, 5.41) is 0. The Balaban J connectivity index is 1.72. The van der Waals surface area contributed by atoms with Gasteiger partial charge in [-0.05, 0) is 35.2 Å². The summed E-state index contributed by atoms with van der Waals surface area (Å²) in [7, 11) is 0. The lowest BCUT2D eigenvalue weighted by molar-refractivity contribution is 0.590. The molecule has 0 unspecified atom stereocenters. The fourth-order valence-electron chi connectivity index (χ4n) is 2.77. The number of nitrogens with one attached hydrogen (secondary N) is 1. The van der Waals surface area contributed by atoms with Crippen molar-refractivity contribution in [3.8, 4) is 22.6 Å². The molecule has 0 atom stereocenters. The quantitative estimate of drug-likeness (QED) is 0.554. The topological polar surface area (TPSA) is 54.7 Å². The molecule has 24 heavy (non-hydrogen) atoms. The molecule has 0 aliphatic carbocycles. The number of aromatic nitrogens is 3. The van der Waals surface area contributed by atoms with Crippen molar-refractivity contribution in [3.05, 3.63) is 60.6 Å². The number of H-pyrrole nitrogens is 1. The van der Waals surface area contributed by atoms with E-state index in [1.165, 1.54) is 12.0 Å². The Labute approximate surface area is 140 Å². The van der Waals surface area contributed by atoms with Gasteiger partial charge in [-0.25, -0.2) is 9.97 Å². The molecule has 0 fully saturated rings. The number of nitrogens with zero attached hydrogens (tertiary/aromatic N) is 2. The summed E-state index contributed by atoms with van der Waals surface area (Å²) >= 11 is 0. The lowest BCUT2D eigenvalue weighted by Gasteiger charge is -2.19. The van der Waals surface area contributed by atoms with Crippen LogP contribution in [-0.2, 0) is 5.41 Å². The van der Waals surface area contributed by atoms with E-state index >= 15 is 0 Å². The standard InChI is InChI=1S/C20H19N3O/c1-20(2,3)15-6-4-5-14(9-15)19-21-11-17(23-19)13-7-8-18-16(10-13)22-12-24-18/h4-12H,1-3H3,(H,21,23). The number of hydrogen-bond acceptors (Lipinski definition) is 3. The third-order valence-electron chi connectivity index (χ3n) is 4.22. The summed E-state index contributed by atoms with van der Waals surface area (Å²) in [5.74, 6) is 0.872. The minimum atomic E-state index is 0.115. The monoisotopic (exact) mass is 317 g/mol. The molecule has 0 bridgehead atoms. The molecule has 4 heteroatoms. The van der Waals surface area contributed by atoms with Crippen molar-refractivity contribution in [1.29, 1.82) is 0 Å². The van der Waals surface area contributed by atoms with Gasteiger partial charge in [0.05, 0.1) is 11.9 Å². The van der Waals surface area contributed by atoms with Gasteiger partial charge in [-0.2, -0.15) is 0 Å². The molecule has 2 aromatic heterocycles.